The Hall–Kier alpha value is -2.65. The van der Waals surface area contributed by atoms with E-state index in [9.17, 15) is 4.79 Å². The molecule has 0 unspecified atom stereocenters. The summed E-state index contributed by atoms with van der Waals surface area (Å²) in [5.74, 6) is 0.875. The Kier molecular flexibility index (Phi) is 8.90. The van der Waals surface area contributed by atoms with E-state index >= 15 is 0 Å². The molecule has 0 radical (unpaired) electrons. The summed E-state index contributed by atoms with van der Waals surface area (Å²) in [6, 6.07) is 14.8. The maximum atomic E-state index is 13.6. The molecule has 10 heteroatoms. The van der Waals surface area contributed by atoms with Crippen molar-refractivity contribution in [3.63, 3.8) is 0 Å². The highest BCUT2D eigenvalue weighted by atomic mass is 35.5. The van der Waals surface area contributed by atoms with Crippen molar-refractivity contribution in [2.75, 3.05) is 38.2 Å². The van der Waals surface area contributed by atoms with Gasteiger partial charge in [-0.1, -0.05) is 72.3 Å². The number of nitrogens with zero attached hydrogens (tertiary/aromatic N) is 4. The summed E-state index contributed by atoms with van der Waals surface area (Å²) in [4.78, 5) is 22.2. The molecule has 34 heavy (non-hydrogen) atoms. The average molecular weight is 521 g/mol. The number of benzene rings is 2. The summed E-state index contributed by atoms with van der Waals surface area (Å²) in [7, 11) is 1.59. The van der Waals surface area contributed by atoms with E-state index in [2.05, 4.69) is 23.9 Å². The molecule has 0 saturated carbocycles. The number of carbonyl (C=O) groups excluding carboxylic acids is 1. The highest BCUT2D eigenvalue weighted by Gasteiger charge is 2.26. The molecule has 4 rings (SSSR count). The Bertz CT molecular complexity index is 1240. The van der Waals surface area contributed by atoms with Gasteiger partial charge in [-0.15, -0.1) is 12.4 Å². The number of likely N-dealkylation sites (N-methyl/N-ethyl adjacent to an activating group) is 1. The SMILES string of the molecule is CCN(CC)CCN(C(=O)c1cc(-c2ccccc2)on1)c1nc2c(OC)ccc(Cl)c2s1.Cl. The van der Waals surface area contributed by atoms with Crippen molar-refractivity contribution in [2.24, 2.45) is 0 Å². The monoisotopic (exact) mass is 520 g/mol. The van der Waals surface area contributed by atoms with Crippen LogP contribution in [0, 0.1) is 0 Å². The van der Waals surface area contributed by atoms with Crippen molar-refractivity contribution in [1.29, 1.82) is 0 Å². The van der Waals surface area contributed by atoms with Crippen LogP contribution in [0.2, 0.25) is 5.02 Å². The van der Waals surface area contributed by atoms with Gasteiger partial charge < -0.3 is 14.2 Å². The van der Waals surface area contributed by atoms with Crippen LogP contribution < -0.4 is 9.64 Å². The van der Waals surface area contributed by atoms with E-state index in [1.807, 2.05) is 30.3 Å². The molecule has 0 bridgehead atoms. The number of amides is 1. The fraction of sp³-hybridized carbons (Fsp3) is 0.292. The van der Waals surface area contributed by atoms with Gasteiger partial charge in [-0.25, -0.2) is 4.98 Å². The summed E-state index contributed by atoms with van der Waals surface area (Å²) in [6.07, 6.45) is 0. The molecule has 0 fully saturated rings. The molecule has 0 atom stereocenters. The number of methoxy groups -OCH3 is 1. The first kappa shape index (κ1) is 26.0. The molecule has 7 nitrogen and oxygen atoms in total. The Morgan fingerprint density at radius 2 is 1.85 bits per heavy atom. The van der Waals surface area contributed by atoms with E-state index in [-0.39, 0.29) is 24.0 Å². The second kappa shape index (κ2) is 11.7. The third-order valence-electron chi connectivity index (χ3n) is 5.47. The van der Waals surface area contributed by atoms with E-state index < -0.39 is 0 Å². The predicted molar refractivity (Wildman–Crippen MR) is 140 cm³/mol. The van der Waals surface area contributed by atoms with Gasteiger partial charge in [0, 0.05) is 24.7 Å². The van der Waals surface area contributed by atoms with Crippen molar-refractivity contribution in [3.05, 3.63) is 59.2 Å². The van der Waals surface area contributed by atoms with E-state index in [0.29, 0.717) is 40.3 Å². The number of hydrogen-bond donors (Lipinski definition) is 0. The Morgan fingerprint density at radius 1 is 1.12 bits per heavy atom. The van der Waals surface area contributed by atoms with Crippen LogP contribution in [0.1, 0.15) is 24.3 Å². The number of halogens is 2. The highest BCUT2D eigenvalue weighted by Crippen LogP contribution is 2.39. The third kappa shape index (κ3) is 5.36. The Labute approximate surface area is 213 Å². The van der Waals surface area contributed by atoms with Crippen LogP contribution >= 0.6 is 35.3 Å². The second-order valence-corrected chi connectivity index (χ2v) is 8.73. The summed E-state index contributed by atoms with van der Waals surface area (Å²) >= 11 is 7.78. The molecule has 0 aliphatic rings. The smallest absolute Gasteiger partial charge is 0.282 e. The van der Waals surface area contributed by atoms with E-state index in [1.54, 1.807) is 30.2 Å². The number of hydrogen-bond acceptors (Lipinski definition) is 7. The number of carbonyl (C=O) groups is 1. The maximum Gasteiger partial charge on any atom is 0.282 e. The van der Waals surface area contributed by atoms with Crippen LogP contribution in [0.25, 0.3) is 21.5 Å². The quantitative estimate of drug-likeness (QED) is 0.268. The molecule has 0 aliphatic heterocycles. The van der Waals surface area contributed by atoms with Gasteiger partial charge in [-0.3, -0.25) is 9.69 Å². The van der Waals surface area contributed by atoms with E-state index in [1.165, 1.54) is 11.3 Å². The lowest BCUT2D eigenvalue weighted by Gasteiger charge is -2.24. The molecule has 2 heterocycles. The average Bonchev–Trinajstić information content (AvgIpc) is 3.51. The van der Waals surface area contributed by atoms with E-state index in [0.717, 1.165) is 23.4 Å². The molecular formula is C24H26Cl2N4O3S. The van der Waals surface area contributed by atoms with Crippen molar-refractivity contribution in [1.82, 2.24) is 15.0 Å². The number of ether oxygens (including phenoxy) is 1. The molecule has 0 aliphatic carbocycles. The van der Waals surface area contributed by atoms with Crippen LogP contribution in [0.15, 0.2) is 53.1 Å². The first-order valence-electron chi connectivity index (χ1n) is 10.7. The molecule has 0 spiro atoms. The highest BCUT2D eigenvalue weighted by molar-refractivity contribution is 7.23. The van der Waals surface area contributed by atoms with Gasteiger partial charge in [-0.2, -0.15) is 0 Å². The van der Waals surface area contributed by atoms with E-state index in [4.69, 9.17) is 25.8 Å². The largest absolute Gasteiger partial charge is 0.494 e. The van der Waals surface area contributed by atoms with Crippen molar-refractivity contribution in [3.8, 4) is 17.1 Å². The number of rotatable bonds is 9. The number of fused-ring (bicyclic) bond motifs is 1. The molecule has 4 aromatic rings. The van der Waals surface area contributed by atoms with Gasteiger partial charge in [0.2, 0.25) is 0 Å². The first-order valence-corrected chi connectivity index (χ1v) is 11.9. The zero-order valence-corrected chi connectivity index (χ0v) is 21.5. The van der Waals surface area contributed by atoms with Crippen molar-refractivity contribution in [2.45, 2.75) is 13.8 Å². The second-order valence-electron chi connectivity index (χ2n) is 7.35. The first-order chi connectivity index (χ1) is 16.0. The normalized spacial score (nSPS) is 11.0. The van der Waals surface area contributed by atoms with Crippen LogP contribution in [-0.2, 0) is 0 Å². The summed E-state index contributed by atoms with van der Waals surface area (Å²) in [6.45, 7) is 7.13. The topological polar surface area (TPSA) is 71.7 Å². The number of thiazole rings is 1. The lowest BCUT2D eigenvalue weighted by molar-refractivity contribution is 0.0975. The predicted octanol–water partition coefficient (Wildman–Crippen LogP) is 6.02. The van der Waals surface area contributed by atoms with Gasteiger partial charge in [0.1, 0.15) is 11.3 Å². The van der Waals surface area contributed by atoms with Gasteiger partial charge >= 0.3 is 0 Å². The van der Waals surface area contributed by atoms with Crippen molar-refractivity contribution < 1.29 is 14.1 Å². The molecule has 0 N–H and O–H groups in total. The van der Waals surface area contributed by atoms with Gasteiger partial charge in [-0.05, 0) is 25.2 Å². The molecule has 1 amide bonds. The summed E-state index contributed by atoms with van der Waals surface area (Å²) in [5, 5.41) is 5.17. The Morgan fingerprint density at radius 3 is 2.53 bits per heavy atom. The lowest BCUT2D eigenvalue weighted by atomic mass is 10.1. The molecule has 180 valence electrons. The minimum absolute atomic E-state index is 0. The lowest BCUT2D eigenvalue weighted by Crippen LogP contribution is -2.39. The van der Waals surface area contributed by atoms with Crippen LogP contribution in [0.3, 0.4) is 0 Å². The van der Waals surface area contributed by atoms with Crippen LogP contribution in [0.5, 0.6) is 5.75 Å². The minimum Gasteiger partial charge on any atom is -0.494 e. The summed E-state index contributed by atoms with van der Waals surface area (Å²) in [5.41, 5.74) is 1.72. The molecular weight excluding hydrogens is 495 g/mol. The van der Waals surface area contributed by atoms with Crippen molar-refractivity contribution >= 4 is 56.6 Å². The molecule has 0 saturated heterocycles. The van der Waals surface area contributed by atoms with Gasteiger partial charge in [0.25, 0.3) is 5.91 Å². The molecule has 2 aromatic heterocycles. The number of anilines is 1. The van der Waals surface area contributed by atoms with Gasteiger partial charge in [0.05, 0.1) is 16.8 Å². The van der Waals surface area contributed by atoms with Crippen LogP contribution in [-0.4, -0.2) is 54.2 Å². The standard InChI is InChI=1S/C24H25ClN4O3S.ClH/c1-4-28(5-2)13-14-29(24-26-21-19(31-3)12-11-17(25)22(21)33-24)23(30)18-15-20(32-27-18)16-9-7-6-8-10-16;/h6-12,15H,4-5,13-14H2,1-3H3;1H. The zero-order chi connectivity index (χ0) is 23.4. The Balaban J connectivity index is 0.00000324. The number of aromatic nitrogens is 2. The van der Waals surface area contributed by atoms with Gasteiger partial charge in [0.15, 0.2) is 16.6 Å². The third-order valence-corrected chi connectivity index (χ3v) is 7.00. The maximum absolute atomic E-state index is 13.6. The minimum atomic E-state index is -0.276. The summed E-state index contributed by atoms with van der Waals surface area (Å²) < 4.78 is 11.7. The van der Waals surface area contributed by atoms with Crippen LogP contribution in [0.4, 0.5) is 5.13 Å². The molecule has 2 aromatic carbocycles. The zero-order valence-electron chi connectivity index (χ0n) is 19.2. The fourth-order valence-electron chi connectivity index (χ4n) is 3.54. The fourth-order valence-corrected chi connectivity index (χ4v) is 4.82.